The Labute approximate surface area is 159 Å². The third kappa shape index (κ3) is 3.25. The number of carbonyl (C=O) groups is 3. The molecule has 0 atom stereocenters. The first-order valence-electron chi connectivity index (χ1n) is 9.44. The summed E-state index contributed by atoms with van der Waals surface area (Å²) >= 11 is 0. The van der Waals surface area contributed by atoms with Gasteiger partial charge >= 0.3 is 0 Å². The number of imide groups is 1. The summed E-state index contributed by atoms with van der Waals surface area (Å²) in [5.41, 5.74) is 3.85. The summed E-state index contributed by atoms with van der Waals surface area (Å²) in [6.45, 7) is 6.70. The molecule has 27 heavy (non-hydrogen) atoms. The summed E-state index contributed by atoms with van der Waals surface area (Å²) < 4.78 is 0. The number of hydrogen-bond acceptors (Lipinski definition) is 3. The molecule has 2 aromatic rings. The number of benzene rings is 2. The molecular weight excluding hydrogens is 340 g/mol. The first-order valence-corrected chi connectivity index (χ1v) is 9.44. The molecule has 1 aliphatic heterocycles. The number of hydrogen-bond donors (Lipinski definition) is 1. The standard InChI is InChI=1S/C22H24N2O3/c1-4-13-24(19-14(5-2)9-7-10-15(19)6-3)22(27)17-12-8-11-16-18(17)21(26)23-20(16)25/h7-12H,4-6,13H2,1-3H3,(H,23,25,26). The van der Waals surface area contributed by atoms with E-state index in [1.165, 1.54) is 0 Å². The Morgan fingerprint density at radius 1 is 0.926 bits per heavy atom. The zero-order valence-electron chi connectivity index (χ0n) is 16.0. The Hall–Kier alpha value is -2.95. The van der Waals surface area contributed by atoms with Crippen LogP contribution in [0.5, 0.6) is 0 Å². The highest BCUT2D eigenvalue weighted by Crippen LogP contribution is 2.30. The first kappa shape index (κ1) is 18.8. The summed E-state index contributed by atoms with van der Waals surface area (Å²) in [6.07, 6.45) is 2.40. The molecule has 1 N–H and O–H groups in total. The van der Waals surface area contributed by atoms with Gasteiger partial charge in [-0.1, -0.05) is 45.0 Å². The van der Waals surface area contributed by atoms with Crippen molar-refractivity contribution in [3.05, 3.63) is 64.2 Å². The van der Waals surface area contributed by atoms with Gasteiger partial charge in [0, 0.05) is 6.54 Å². The molecule has 140 valence electrons. The second kappa shape index (κ2) is 7.74. The van der Waals surface area contributed by atoms with Gasteiger partial charge in [0.1, 0.15) is 0 Å². The molecule has 1 aliphatic rings. The maximum absolute atomic E-state index is 13.5. The van der Waals surface area contributed by atoms with E-state index in [2.05, 4.69) is 19.2 Å². The lowest BCUT2D eigenvalue weighted by Gasteiger charge is -2.28. The van der Waals surface area contributed by atoms with Crippen LogP contribution in [0.25, 0.3) is 0 Å². The Morgan fingerprint density at radius 3 is 2.15 bits per heavy atom. The van der Waals surface area contributed by atoms with E-state index in [0.717, 1.165) is 36.1 Å². The van der Waals surface area contributed by atoms with E-state index >= 15 is 0 Å². The van der Waals surface area contributed by atoms with Crippen molar-refractivity contribution in [3.8, 4) is 0 Å². The first-order chi connectivity index (χ1) is 13.0. The van der Waals surface area contributed by atoms with Crippen molar-refractivity contribution < 1.29 is 14.4 Å². The topological polar surface area (TPSA) is 66.5 Å². The molecule has 0 aromatic heterocycles. The van der Waals surface area contributed by atoms with Gasteiger partial charge in [-0.3, -0.25) is 19.7 Å². The van der Waals surface area contributed by atoms with Crippen LogP contribution in [0.3, 0.4) is 0 Å². The van der Waals surface area contributed by atoms with Gasteiger partial charge in [0.15, 0.2) is 0 Å². The fourth-order valence-electron chi connectivity index (χ4n) is 3.64. The van der Waals surface area contributed by atoms with Crippen LogP contribution >= 0.6 is 0 Å². The summed E-state index contributed by atoms with van der Waals surface area (Å²) in [7, 11) is 0. The van der Waals surface area contributed by atoms with Crippen molar-refractivity contribution >= 4 is 23.4 Å². The summed E-state index contributed by atoms with van der Waals surface area (Å²) in [5.74, 6) is -1.20. The van der Waals surface area contributed by atoms with E-state index in [0.29, 0.717) is 6.54 Å². The van der Waals surface area contributed by atoms with Gasteiger partial charge in [-0.15, -0.1) is 0 Å². The van der Waals surface area contributed by atoms with Gasteiger partial charge in [0.25, 0.3) is 17.7 Å². The number of amides is 3. The quantitative estimate of drug-likeness (QED) is 0.794. The number of rotatable bonds is 6. The Kier molecular flexibility index (Phi) is 5.40. The Morgan fingerprint density at radius 2 is 1.56 bits per heavy atom. The van der Waals surface area contributed by atoms with Gasteiger partial charge < -0.3 is 4.90 Å². The minimum atomic E-state index is -0.505. The van der Waals surface area contributed by atoms with E-state index in [1.807, 2.05) is 25.1 Å². The van der Waals surface area contributed by atoms with Gasteiger partial charge in [0.2, 0.25) is 0 Å². The molecule has 3 rings (SSSR count). The van der Waals surface area contributed by atoms with Crippen LogP contribution in [0.2, 0.25) is 0 Å². The maximum Gasteiger partial charge on any atom is 0.259 e. The van der Waals surface area contributed by atoms with E-state index in [-0.39, 0.29) is 22.6 Å². The van der Waals surface area contributed by atoms with E-state index < -0.39 is 11.8 Å². The number of fused-ring (bicyclic) bond motifs is 1. The lowest BCUT2D eigenvalue weighted by Crippen LogP contribution is -2.34. The second-order valence-corrected chi connectivity index (χ2v) is 6.60. The van der Waals surface area contributed by atoms with Gasteiger partial charge in [0.05, 0.1) is 22.4 Å². The number of carbonyl (C=O) groups excluding carboxylic acids is 3. The predicted molar refractivity (Wildman–Crippen MR) is 105 cm³/mol. The molecule has 5 heteroatoms. The van der Waals surface area contributed by atoms with Gasteiger partial charge in [-0.2, -0.15) is 0 Å². The van der Waals surface area contributed by atoms with Crippen molar-refractivity contribution in [2.24, 2.45) is 0 Å². The zero-order chi connectivity index (χ0) is 19.6. The van der Waals surface area contributed by atoms with Crippen molar-refractivity contribution in [2.75, 3.05) is 11.4 Å². The molecule has 0 fully saturated rings. The highest BCUT2D eigenvalue weighted by atomic mass is 16.2. The predicted octanol–water partition coefficient (Wildman–Crippen LogP) is 3.75. The normalized spacial score (nSPS) is 12.7. The number of nitrogens with one attached hydrogen (secondary N) is 1. The zero-order valence-corrected chi connectivity index (χ0v) is 16.0. The molecule has 0 unspecified atom stereocenters. The Balaban J connectivity index is 2.15. The second-order valence-electron chi connectivity index (χ2n) is 6.60. The van der Waals surface area contributed by atoms with Crippen LogP contribution in [-0.4, -0.2) is 24.3 Å². The average Bonchev–Trinajstić information content (AvgIpc) is 2.99. The lowest BCUT2D eigenvalue weighted by molar-refractivity contribution is 0.0874. The molecule has 0 saturated carbocycles. The van der Waals surface area contributed by atoms with Crippen molar-refractivity contribution in [1.82, 2.24) is 5.32 Å². The largest absolute Gasteiger partial charge is 0.308 e. The fraction of sp³-hybridized carbons (Fsp3) is 0.318. The van der Waals surface area contributed by atoms with Crippen LogP contribution in [0.4, 0.5) is 5.69 Å². The van der Waals surface area contributed by atoms with E-state index in [1.54, 1.807) is 23.1 Å². The molecule has 0 radical (unpaired) electrons. The maximum atomic E-state index is 13.5. The summed E-state index contributed by atoms with van der Waals surface area (Å²) in [4.78, 5) is 39.5. The SMILES string of the molecule is CCCN(C(=O)c1cccc2c1C(=O)NC2=O)c1c(CC)cccc1CC. The van der Waals surface area contributed by atoms with Gasteiger partial charge in [-0.05, 0) is 42.5 Å². The third-order valence-corrected chi connectivity index (χ3v) is 4.92. The lowest BCUT2D eigenvalue weighted by atomic mass is 9.98. The van der Waals surface area contributed by atoms with Crippen LogP contribution < -0.4 is 10.2 Å². The molecular formula is C22H24N2O3. The van der Waals surface area contributed by atoms with E-state index in [9.17, 15) is 14.4 Å². The van der Waals surface area contributed by atoms with Crippen molar-refractivity contribution in [2.45, 2.75) is 40.0 Å². The molecule has 2 aromatic carbocycles. The molecule has 3 amide bonds. The summed E-state index contributed by atoms with van der Waals surface area (Å²) in [6, 6.07) is 10.9. The van der Waals surface area contributed by atoms with Crippen LogP contribution in [0.15, 0.2) is 36.4 Å². The highest BCUT2D eigenvalue weighted by Gasteiger charge is 2.33. The van der Waals surface area contributed by atoms with E-state index in [4.69, 9.17) is 0 Å². The minimum absolute atomic E-state index is 0.181. The monoisotopic (exact) mass is 364 g/mol. The van der Waals surface area contributed by atoms with Crippen LogP contribution in [0.1, 0.15) is 69.4 Å². The van der Waals surface area contributed by atoms with Crippen molar-refractivity contribution in [3.63, 3.8) is 0 Å². The molecule has 1 heterocycles. The average molecular weight is 364 g/mol. The third-order valence-electron chi connectivity index (χ3n) is 4.92. The number of para-hydroxylation sites is 1. The number of aryl methyl sites for hydroxylation is 2. The molecule has 0 bridgehead atoms. The fourth-order valence-corrected chi connectivity index (χ4v) is 3.64. The van der Waals surface area contributed by atoms with Crippen LogP contribution in [-0.2, 0) is 12.8 Å². The summed E-state index contributed by atoms with van der Waals surface area (Å²) in [5, 5.41) is 2.28. The smallest absolute Gasteiger partial charge is 0.259 e. The number of anilines is 1. The highest BCUT2D eigenvalue weighted by molar-refractivity contribution is 6.26. The number of nitrogens with zero attached hydrogens (tertiary/aromatic N) is 1. The molecule has 0 saturated heterocycles. The molecule has 0 spiro atoms. The van der Waals surface area contributed by atoms with Crippen molar-refractivity contribution in [1.29, 1.82) is 0 Å². The Bertz CT molecular complexity index is 896. The molecule has 0 aliphatic carbocycles. The van der Waals surface area contributed by atoms with Gasteiger partial charge in [-0.25, -0.2) is 0 Å². The van der Waals surface area contributed by atoms with Crippen LogP contribution in [0, 0.1) is 0 Å². The molecule has 5 nitrogen and oxygen atoms in total. The minimum Gasteiger partial charge on any atom is -0.308 e.